The summed E-state index contributed by atoms with van der Waals surface area (Å²) < 4.78 is 5.56. The van der Waals surface area contributed by atoms with E-state index in [9.17, 15) is 4.79 Å². The van der Waals surface area contributed by atoms with Crippen LogP contribution in [0.2, 0.25) is 0 Å². The zero-order valence-corrected chi connectivity index (χ0v) is 13.1. The maximum atomic E-state index is 11.9. The monoisotopic (exact) mass is 332 g/mol. The highest BCUT2D eigenvalue weighted by atomic mass is 32.2. The average molecular weight is 332 g/mol. The smallest absolute Gasteiger partial charge is 0.257 e. The van der Waals surface area contributed by atoms with Crippen LogP contribution in [-0.2, 0) is 4.79 Å². The standard InChI is InChI=1S/C14H12N4O2S2/c19-11(16-13-18-17-12(22-13)8-5-6-8)7-21-14-15-9-3-1-2-4-10(9)20-14/h1-4,8H,5-7H2,(H,16,18,19). The minimum Gasteiger partial charge on any atom is -0.431 e. The van der Waals surface area contributed by atoms with Gasteiger partial charge in [-0.2, -0.15) is 0 Å². The van der Waals surface area contributed by atoms with Gasteiger partial charge in [-0.25, -0.2) is 4.98 Å². The van der Waals surface area contributed by atoms with Crippen molar-refractivity contribution in [2.24, 2.45) is 0 Å². The summed E-state index contributed by atoms with van der Waals surface area (Å²) in [6.45, 7) is 0. The van der Waals surface area contributed by atoms with Crippen LogP contribution in [0.15, 0.2) is 33.9 Å². The number of nitrogens with zero attached hydrogens (tertiary/aromatic N) is 3. The third-order valence-corrected chi connectivity index (χ3v) is 5.04. The molecule has 0 spiro atoms. The average Bonchev–Trinajstić information content (AvgIpc) is 3.12. The van der Waals surface area contributed by atoms with Crippen molar-refractivity contribution in [3.05, 3.63) is 29.3 Å². The molecule has 2 heterocycles. The van der Waals surface area contributed by atoms with Gasteiger partial charge in [-0.3, -0.25) is 10.1 Å². The van der Waals surface area contributed by atoms with E-state index in [0.29, 0.717) is 16.3 Å². The molecule has 0 atom stereocenters. The number of oxazole rings is 1. The summed E-state index contributed by atoms with van der Waals surface area (Å²) in [5.74, 6) is 0.647. The second-order valence-electron chi connectivity index (χ2n) is 5.00. The van der Waals surface area contributed by atoms with Crippen molar-refractivity contribution >= 4 is 45.2 Å². The van der Waals surface area contributed by atoms with E-state index in [4.69, 9.17) is 4.42 Å². The summed E-state index contributed by atoms with van der Waals surface area (Å²) in [6.07, 6.45) is 2.35. The van der Waals surface area contributed by atoms with E-state index in [-0.39, 0.29) is 11.7 Å². The molecule has 4 rings (SSSR count). The summed E-state index contributed by atoms with van der Waals surface area (Å²) in [7, 11) is 0. The quantitative estimate of drug-likeness (QED) is 0.722. The molecule has 112 valence electrons. The van der Waals surface area contributed by atoms with Crippen LogP contribution in [-0.4, -0.2) is 26.8 Å². The van der Waals surface area contributed by atoms with E-state index >= 15 is 0 Å². The molecule has 0 radical (unpaired) electrons. The molecule has 3 aromatic rings. The SMILES string of the molecule is O=C(CSc1nc2ccccc2o1)Nc1nnc(C2CC2)s1. The van der Waals surface area contributed by atoms with Crippen LogP contribution >= 0.6 is 23.1 Å². The molecule has 1 saturated carbocycles. The second-order valence-corrected chi connectivity index (χ2v) is 6.94. The van der Waals surface area contributed by atoms with Gasteiger partial charge in [0, 0.05) is 5.92 Å². The van der Waals surface area contributed by atoms with Crippen LogP contribution in [0.1, 0.15) is 23.8 Å². The number of fused-ring (bicyclic) bond motifs is 1. The third kappa shape index (κ3) is 2.97. The van der Waals surface area contributed by atoms with Gasteiger partial charge in [-0.05, 0) is 25.0 Å². The first-order valence-corrected chi connectivity index (χ1v) is 8.70. The Morgan fingerprint density at radius 3 is 3.05 bits per heavy atom. The topological polar surface area (TPSA) is 80.9 Å². The molecule has 0 unspecified atom stereocenters. The molecule has 22 heavy (non-hydrogen) atoms. The normalized spacial score (nSPS) is 14.4. The minimum atomic E-state index is -0.134. The number of hydrogen-bond acceptors (Lipinski definition) is 7. The van der Waals surface area contributed by atoms with E-state index in [1.54, 1.807) is 0 Å². The molecule has 0 aliphatic heterocycles. The van der Waals surface area contributed by atoms with Crippen molar-refractivity contribution in [1.29, 1.82) is 0 Å². The second kappa shape index (κ2) is 5.69. The number of anilines is 1. The molecule has 0 bridgehead atoms. The molecule has 2 aromatic heterocycles. The van der Waals surface area contributed by atoms with Crippen molar-refractivity contribution in [2.45, 2.75) is 24.0 Å². The number of nitrogens with one attached hydrogen (secondary N) is 1. The van der Waals surface area contributed by atoms with Crippen molar-refractivity contribution in [3.63, 3.8) is 0 Å². The zero-order valence-electron chi connectivity index (χ0n) is 11.5. The van der Waals surface area contributed by atoms with Gasteiger partial charge in [0.2, 0.25) is 11.0 Å². The molecule has 1 amide bonds. The van der Waals surface area contributed by atoms with Crippen molar-refractivity contribution in [2.75, 3.05) is 11.1 Å². The number of aromatic nitrogens is 3. The Balaban J connectivity index is 1.35. The fraction of sp³-hybridized carbons (Fsp3) is 0.286. The Bertz CT molecular complexity index is 792. The first-order chi connectivity index (χ1) is 10.8. The van der Waals surface area contributed by atoms with Crippen LogP contribution in [0.3, 0.4) is 0 Å². The molecule has 8 heteroatoms. The molecule has 1 aliphatic carbocycles. The first-order valence-electron chi connectivity index (χ1n) is 6.89. The number of carbonyl (C=O) groups excluding carboxylic acids is 1. The predicted molar refractivity (Wildman–Crippen MR) is 85.2 cm³/mol. The van der Waals surface area contributed by atoms with Gasteiger partial charge in [0.25, 0.3) is 5.22 Å². The Hall–Kier alpha value is -1.93. The summed E-state index contributed by atoms with van der Waals surface area (Å²) in [5.41, 5.74) is 1.52. The minimum absolute atomic E-state index is 0.134. The van der Waals surface area contributed by atoms with Gasteiger partial charge < -0.3 is 4.42 Å². The summed E-state index contributed by atoms with van der Waals surface area (Å²) in [5, 5.41) is 12.9. The summed E-state index contributed by atoms with van der Waals surface area (Å²) in [4.78, 5) is 16.3. The van der Waals surface area contributed by atoms with Gasteiger partial charge in [-0.15, -0.1) is 10.2 Å². The number of carbonyl (C=O) groups is 1. The Labute approximate surface area is 134 Å². The van der Waals surface area contributed by atoms with Crippen molar-refractivity contribution < 1.29 is 9.21 Å². The number of para-hydroxylation sites is 2. The van der Waals surface area contributed by atoms with Gasteiger partial charge >= 0.3 is 0 Å². The van der Waals surface area contributed by atoms with Gasteiger partial charge in [0.15, 0.2) is 5.58 Å². The Morgan fingerprint density at radius 1 is 1.36 bits per heavy atom. The van der Waals surface area contributed by atoms with Gasteiger partial charge in [-0.1, -0.05) is 35.2 Å². The maximum Gasteiger partial charge on any atom is 0.257 e. The van der Waals surface area contributed by atoms with E-state index < -0.39 is 0 Å². The molecule has 1 aliphatic rings. The van der Waals surface area contributed by atoms with E-state index in [1.807, 2.05) is 24.3 Å². The molecule has 6 nitrogen and oxygen atoms in total. The van der Waals surface area contributed by atoms with E-state index in [1.165, 1.54) is 35.9 Å². The molecule has 1 N–H and O–H groups in total. The Morgan fingerprint density at radius 2 is 2.23 bits per heavy atom. The molecule has 1 fully saturated rings. The lowest BCUT2D eigenvalue weighted by atomic mass is 10.3. The van der Waals surface area contributed by atoms with Gasteiger partial charge in [0.05, 0.1) is 5.75 Å². The predicted octanol–water partition coefficient (Wildman–Crippen LogP) is 3.29. The maximum absolute atomic E-state index is 11.9. The number of hydrogen-bond donors (Lipinski definition) is 1. The lowest BCUT2D eigenvalue weighted by Crippen LogP contribution is -2.13. The molecular weight excluding hydrogens is 320 g/mol. The third-order valence-electron chi connectivity index (χ3n) is 3.21. The van der Waals surface area contributed by atoms with Crippen LogP contribution in [0.25, 0.3) is 11.1 Å². The summed E-state index contributed by atoms with van der Waals surface area (Å²) in [6, 6.07) is 7.53. The highest BCUT2D eigenvalue weighted by Crippen LogP contribution is 2.42. The van der Waals surface area contributed by atoms with Crippen LogP contribution < -0.4 is 5.32 Å². The largest absolute Gasteiger partial charge is 0.431 e. The number of benzene rings is 1. The zero-order chi connectivity index (χ0) is 14.9. The number of thioether (sulfide) groups is 1. The van der Waals surface area contributed by atoms with Crippen LogP contribution in [0, 0.1) is 0 Å². The van der Waals surface area contributed by atoms with E-state index in [2.05, 4.69) is 20.5 Å². The number of amides is 1. The van der Waals surface area contributed by atoms with Crippen molar-refractivity contribution in [1.82, 2.24) is 15.2 Å². The number of rotatable bonds is 5. The lowest BCUT2D eigenvalue weighted by molar-refractivity contribution is -0.113. The first kappa shape index (κ1) is 13.7. The van der Waals surface area contributed by atoms with Gasteiger partial charge in [0.1, 0.15) is 10.5 Å². The molecular formula is C14H12N4O2S2. The Kier molecular flexibility index (Phi) is 3.55. The van der Waals surface area contributed by atoms with E-state index in [0.717, 1.165) is 16.1 Å². The highest BCUT2D eigenvalue weighted by Gasteiger charge is 2.27. The summed E-state index contributed by atoms with van der Waals surface area (Å²) >= 11 is 2.72. The highest BCUT2D eigenvalue weighted by molar-refractivity contribution is 7.99. The van der Waals surface area contributed by atoms with Crippen LogP contribution in [0.4, 0.5) is 5.13 Å². The molecule has 1 aromatic carbocycles. The fourth-order valence-corrected chi connectivity index (χ4v) is 3.54. The molecule has 0 saturated heterocycles. The fourth-order valence-electron chi connectivity index (χ4n) is 1.98. The van der Waals surface area contributed by atoms with Crippen molar-refractivity contribution in [3.8, 4) is 0 Å². The van der Waals surface area contributed by atoms with Crippen LogP contribution in [0.5, 0.6) is 0 Å². The lowest BCUT2D eigenvalue weighted by Gasteiger charge is -1.98.